The molecule has 6 heteroatoms. The Bertz CT molecular complexity index is 758. The second kappa shape index (κ2) is 4.91. The molecule has 0 amide bonds. The minimum Gasteiger partial charge on any atom is -0.285 e. The second-order valence-electron chi connectivity index (χ2n) is 7.46. The van der Waals surface area contributed by atoms with E-state index in [0.717, 1.165) is 62.4 Å². The molecule has 5 aliphatic heterocycles. The van der Waals surface area contributed by atoms with Gasteiger partial charge in [-0.15, -0.1) is 0 Å². The maximum absolute atomic E-state index is 13.3. The van der Waals surface area contributed by atoms with Gasteiger partial charge in [0.15, 0.2) is 0 Å². The Morgan fingerprint density at radius 1 is 0.957 bits per heavy atom. The summed E-state index contributed by atoms with van der Waals surface area (Å²) in [5.74, 6) is 0.757. The van der Waals surface area contributed by atoms with Gasteiger partial charge in [-0.05, 0) is 22.6 Å². The fourth-order valence-electron chi connectivity index (χ4n) is 4.55. The molecule has 4 bridgehead atoms. The first-order valence-electron chi connectivity index (χ1n) is 8.28. The lowest BCUT2D eigenvalue weighted by molar-refractivity contribution is -0.978. The summed E-state index contributed by atoms with van der Waals surface area (Å²) in [7, 11) is -2.02. The van der Waals surface area contributed by atoms with E-state index in [4.69, 9.17) is 0 Å². The van der Waals surface area contributed by atoms with Crippen molar-refractivity contribution in [3.8, 4) is 0 Å². The summed E-state index contributed by atoms with van der Waals surface area (Å²) < 4.78 is 14.3. The van der Waals surface area contributed by atoms with Crippen LogP contribution in [0.5, 0.6) is 0 Å². The van der Waals surface area contributed by atoms with E-state index in [0.29, 0.717) is 0 Å². The van der Waals surface area contributed by atoms with Crippen molar-refractivity contribution in [1.82, 2.24) is 14.7 Å². The Morgan fingerprint density at radius 3 is 2.22 bits per heavy atom. The highest BCUT2D eigenvalue weighted by Crippen LogP contribution is 2.29. The van der Waals surface area contributed by atoms with Crippen molar-refractivity contribution in [2.24, 2.45) is 0 Å². The number of benzene rings is 1. The van der Waals surface area contributed by atoms with Crippen molar-refractivity contribution >= 4 is 21.0 Å². The second-order valence-corrected chi connectivity index (χ2v) is 9.94. The van der Waals surface area contributed by atoms with E-state index in [1.54, 1.807) is 0 Å². The van der Waals surface area contributed by atoms with E-state index in [1.165, 1.54) is 5.56 Å². The number of rotatable bonds is 3. The van der Waals surface area contributed by atoms with Gasteiger partial charge < -0.3 is 0 Å². The largest absolute Gasteiger partial charge is 0.285 e. The monoisotopic (exact) mass is 331 g/mol. The molecule has 122 valence electrons. The van der Waals surface area contributed by atoms with E-state index in [-0.39, 0.29) is 0 Å². The van der Waals surface area contributed by atoms with Crippen LogP contribution in [-0.4, -0.2) is 81.1 Å². The van der Waals surface area contributed by atoms with Crippen LogP contribution in [0.1, 0.15) is 11.1 Å². The van der Waals surface area contributed by atoms with Crippen LogP contribution in [0.15, 0.2) is 29.7 Å². The molecule has 0 saturated carbocycles. The van der Waals surface area contributed by atoms with Crippen LogP contribution in [-0.2, 0) is 9.52 Å². The smallest absolute Gasteiger partial charge is 0.139 e. The number of hydrogen-bond donors (Lipinski definition) is 0. The summed E-state index contributed by atoms with van der Waals surface area (Å²) in [6.07, 6.45) is 2.04. The Hall–Kier alpha value is -1.18. The third-order valence-electron chi connectivity index (χ3n) is 5.39. The van der Waals surface area contributed by atoms with Crippen molar-refractivity contribution in [3.05, 3.63) is 40.8 Å². The average molecular weight is 331 g/mol. The summed E-state index contributed by atoms with van der Waals surface area (Å²) in [6.45, 7) is 7.64. The zero-order valence-electron chi connectivity index (χ0n) is 13.3. The van der Waals surface area contributed by atoms with E-state index < -0.39 is 9.52 Å². The van der Waals surface area contributed by atoms with Crippen molar-refractivity contribution in [2.75, 3.05) is 52.3 Å². The normalized spacial score (nSPS) is 43.2. The van der Waals surface area contributed by atoms with E-state index in [9.17, 15) is 4.21 Å². The van der Waals surface area contributed by atoms with Crippen molar-refractivity contribution in [2.45, 2.75) is 0 Å². The minimum atomic E-state index is -2.02. The summed E-state index contributed by atoms with van der Waals surface area (Å²) in [5, 5.41) is 3.95. The number of quaternary nitrogens is 1. The third kappa shape index (κ3) is 2.45. The zero-order chi connectivity index (χ0) is 15.5. The molecule has 0 aromatic heterocycles. The molecule has 4 saturated heterocycles. The summed E-state index contributed by atoms with van der Waals surface area (Å²) in [6, 6.07) is 8.22. The van der Waals surface area contributed by atoms with Gasteiger partial charge in [0.2, 0.25) is 0 Å². The van der Waals surface area contributed by atoms with Gasteiger partial charge in [0.05, 0.1) is 32.3 Å². The van der Waals surface area contributed by atoms with Crippen LogP contribution in [0, 0.1) is 0 Å². The summed E-state index contributed by atoms with van der Waals surface area (Å²) >= 11 is 0. The molecule has 0 radical (unpaired) electrons. The van der Waals surface area contributed by atoms with Crippen LogP contribution in [0.25, 0.3) is 6.08 Å². The lowest BCUT2D eigenvalue weighted by Gasteiger charge is -2.60. The third-order valence-corrected chi connectivity index (χ3v) is 7.46. The van der Waals surface area contributed by atoms with Crippen molar-refractivity contribution < 1.29 is 8.69 Å². The van der Waals surface area contributed by atoms with Gasteiger partial charge in [-0.3, -0.25) is 8.69 Å². The molecule has 0 aliphatic carbocycles. The molecule has 4 fully saturated rings. The van der Waals surface area contributed by atoms with Gasteiger partial charge in [0.1, 0.15) is 20.0 Å². The van der Waals surface area contributed by atoms with Crippen LogP contribution in [0.2, 0.25) is 0 Å². The first-order chi connectivity index (χ1) is 11.1. The minimum absolute atomic E-state index is 0.757. The SMILES string of the molecule is O=S1(CC[N+]23CN4CN(CN(C4)C2)C3)=Cc2ccccc2C=C1. The van der Waals surface area contributed by atoms with Crippen LogP contribution in [0.4, 0.5) is 0 Å². The van der Waals surface area contributed by atoms with E-state index in [2.05, 4.69) is 26.8 Å². The molecule has 5 aliphatic rings. The molecule has 1 aromatic rings. The fraction of sp³-hybridized carbons (Fsp3) is 0.471. The maximum atomic E-state index is 13.3. The molecule has 0 spiro atoms. The van der Waals surface area contributed by atoms with Gasteiger partial charge in [-0.25, -0.2) is 14.7 Å². The number of fused-ring (bicyclic) bond motifs is 1. The van der Waals surface area contributed by atoms with Crippen LogP contribution >= 0.6 is 0 Å². The standard InChI is InChI=1S/C17H23N4OS/c22-23(7-5-16-3-1-2-4-17(16)9-23)8-6-21-13-18-10-19(14-21)12-20(11-18)15-21/h1-5,7,9H,6,8,10-15H2/q+1. The highest BCUT2D eigenvalue weighted by molar-refractivity contribution is 8.04. The Kier molecular flexibility index (Phi) is 3.03. The molecule has 0 N–H and O–H groups in total. The van der Waals surface area contributed by atoms with E-state index >= 15 is 0 Å². The lowest BCUT2D eigenvalue weighted by atomic mass is 10.1. The molecular weight excluding hydrogens is 308 g/mol. The number of hydrogen-bond acceptors (Lipinski definition) is 4. The highest BCUT2D eigenvalue weighted by atomic mass is 32.2. The lowest BCUT2D eigenvalue weighted by Crippen LogP contribution is -2.79. The first-order valence-corrected chi connectivity index (χ1v) is 10.1. The zero-order valence-corrected chi connectivity index (χ0v) is 14.1. The summed E-state index contributed by atoms with van der Waals surface area (Å²) in [5.41, 5.74) is 2.30. The quantitative estimate of drug-likeness (QED) is 0.599. The predicted molar refractivity (Wildman–Crippen MR) is 93.5 cm³/mol. The van der Waals surface area contributed by atoms with Crippen molar-refractivity contribution in [3.63, 3.8) is 0 Å². The van der Waals surface area contributed by atoms with Gasteiger partial charge in [0, 0.05) is 14.9 Å². The Labute approximate surface area is 138 Å². The Morgan fingerprint density at radius 2 is 1.57 bits per heavy atom. The maximum Gasteiger partial charge on any atom is 0.139 e. The topological polar surface area (TPSA) is 26.8 Å². The molecule has 1 atom stereocenters. The Balaban J connectivity index is 1.38. The predicted octanol–water partition coefficient (Wildman–Crippen LogP) is 0.614. The average Bonchev–Trinajstić information content (AvgIpc) is 2.52. The van der Waals surface area contributed by atoms with Crippen molar-refractivity contribution in [1.29, 1.82) is 0 Å². The molecule has 5 heterocycles. The van der Waals surface area contributed by atoms with E-state index in [1.807, 2.05) is 29.0 Å². The molecular formula is C17H23N4OS+. The van der Waals surface area contributed by atoms with Gasteiger partial charge in [-0.1, -0.05) is 24.3 Å². The van der Waals surface area contributed by atoms with Gasteiger partial charge in [-0.2, -0.15) is 0 Å². The van der Waals surface area contributed by atoms with Crippen LogP contribution < -0.4 is 0 Å². The number of nitrogens with zero attached hydrogens (tertiary/aromatic N) is 4. The molecule has 6 rings (SSSR count). The first kappa shape index (κ1) is 14.2. The van der Waals surface area contributed by atoms with Crippen LogP contribution in [0.3, 0.4) is 0 Å². The summed E-state index contributed by atoms with van der Waals surface area (Å²) in [4.78, 5) is 7.54. The highest BCUT2D eigenvalue weighted by Gasteiger charge is 2.48. The van der Waals surface area contributed by atoms with Gasteiger partial charge in [0.25, 0.3) is 0 Å². The molecule has 1 unspecified atom stereocenters. The molecule has 5 nitrogen and oxygen atoms in total. The fourth-order valence-corrected chi connectivity index (χ4v) is 6.57. The molecule has 1 aromatic carbocycles. The molecule has 23 heavy (non-hydrogen) atoms. The van der Waals surface area contributed by atoms with Gasteiger partial charge >= 0.3 is 0 Å².